The van der Waals surface area contributed by atoms with Gasteiger partial charge in [0.05, 0.1) is 5.52 Å². The molecule has 1 unspecified atom stereocenters. The van der Waals surface area contributed by atoms with E-state index >= 15 is 0 Å². The second kappa shape index (κ2) is 11.4. The van der Waals surface area contributed by atoms with Gasteiger partial charge in [-0.2, -0.15) is 8.42 Å². The lowest BCUT2D eigenvalue weighted by molar-refractivity contribution is 0.295. The maximum Gasteiger partial charge on any atom is 0.330 e. The van der Waals surface area contributed by atoms with Gasteiger partial charge in [0, 0.05) is 28.3 Å². The Morgan fingerprint density at radius 3 is 2.52 bits per heavy atom. The lowest BCUT2D eigenvalue weighted by Crippen LogP contribution is -2.25. The summed E-state index contributed by atoms with van der Waals surface area (Å²) in [5, 5.41) is 9.35. The number of halogens is 1. The molecule has 0 bridgehead atoms. The van der Waals surface area contributed by atoms with Crippen molar-refractivity contribution in [2.45, 2.75) is 39.7 Å². The van der Waals surface area contributed by atoms with Gasteiger partial charge in [0.2, 0.25) is 0 Å². The molecule has 1 aromatic carbocycles. The second-order valence-electron chi connectivity index (χ2n) is 6.25. The van der Waals surface area contributed by atoms with Crippen molar-refractivity contribution >= 4 is 38.5 Å². The van der Waals surface area contributed by atoms with E-state index in [0.29, 0.717) is 6.04 Å². The van der Waals surface area contributed by atoms with E-state index in [0.717, 1.165) is 41.1 Å². The number of hydrogen-bond acceptors (Lipinski definition) is 5. The van der Waals surface area contributed by atoms with Crippen LogP contribution in [0.2, 0.25) is 5.02 Å². The van der Waals surface area contributed by atoms with Crippen LogP contribution in [0.1, 0.15) is 33.6 Å². The zero-order valence-electron chi connectivity index (χ0n) is 16.0. The molecule has 0 aliphatic heterocycles. The van der Waals surface area contributed by atoms with Crippen LogP contribution in [0.25, 0.3) is 10.9 Å². The van der Waals surface area contributed by atoms with Crippen molar-refractivity contribution in [3.8, 4) is 0 Å². The van der Waals surface area contributed by atoms with Gasteiger partial charge in [-0.1, -0.05) is 25.4 Å². The van der Waals surface area contributed by atoms with Gasteiger partial charge >= 0.3 is 10.3 Å². The molecule has 0 saturated heterocycles. The lowest BCUT2D eigenvalue weighted by Gasteiger charge is -2.20. The average molecular weight is 417 g/mol. The van der Waals surface area contributed by atoms with Crippen molar-refractivity contribution in [3.05, 3.63) is 35.5 Å². The largest absolute Gasteiger partial charge is 0.382 e. The molecule has 27 heavy (non-hydrogen) atoms. The highest BCUT2D eigenvalue weighted by Gasteiger charge is 2.07. The highest BCUT2D eigenvalue weighted by atomic mass is 35.5. The number of nitrogens with one attached hydrogen (secondary N) is 1. The standard InChI is InChI=1S/C18H26ClN3.H3NO3S/c1-4-22(5-2)12-6-7-14(3)21-17-10-11-20-18-13-15(19)8-9-16(17)18;1-5(2,3)4/h8-11,13-14H,4-7,12H2,1-3H3,(H,20,21);(H3,1,2,3,4). The van der Waals surface area contributed by atoms with Gasteiger partial charge in [-0.25, -0.2) is 5.14 Å². The molecule has 0 spiro atoms. The Morgan fingerprint density at radius 1 is 1.30 bits per heavy atom. The third-order valence-corrected chi connectivity index (χ3v) is 4.35. The summed E-state index contributed by atoms with van der Waals surface area (Å²) in [6.07, 6.45) is 4.21. The molecule has 0 fully saturated rings. The SMILES string of the molecule is CCN(CC)CCCC(C)Nc1ccnc2cc(Cl)ccc12.NS(=O)(=O)O. The summed E-state index contributed by atoms with van der Waals surface area (Å²) in [6, 6.07) is 8.35. The van der Waals surface area contributed by atoms with Gasteiger partial charge in [-0.05, 0) is 63.7 Å². The maximum absolute atomic E-state index is 8.97. The Bertz CT molecular complexity index is 805. The zero-order valence-corrected chi connectivity index (χ0v) is 17.6. The highest BCUT2D eigenvalue weighted by Crippen LogP contribution is 2.25. The number of nitrogens with two attached hydrogens (primary N) is 1. The molecule has 0 saturated carbocycles. The van der Waals surface area contributed by atoms with Crippen molar-refractivity contribution in [1.29, 1.82) is 0 Å². The molecule has 1 atom stereocenters. The van der Waals surface area contributed by atoms with E-state index < -0.39 is 10.3 Å². The van der Waals surface area contributed by atoms with Gasteiger partial charge in [0.15, 0.2) is 0 Å². The first-order valence-electron chi connectivity index (χ1n) is 8.92. The fraction of sp³-hybridized carbons (Fsp3) is 0.500. The van der Waals surface area contributed by atoms with E-state index in [9.17, 15) is 0 Å². The number of pyridine rings is 1. The normalized spacial score (nSPS) is 12.6. The molecule has 0 aliphatic carbocycles. The van der Waals surface area contributed by atoms with Gasteiger partial charge < -0.3 is 10.2 Å². The third kappa shape index (κ3) is 9.88. The van der Waals surface area contributed by atoms with Crippen molar-refractivity contribution in [3.63, 3.8) is 0 Å². The van der Waals surface area contributed by atoms with Crippen molar-refractivity contribution < 1.29 is 13.0 Å². The zero-order chi connectivity index (χ0) is 20.4. The van der Waals surface area contributed by atoms with E-state index in [1.807, 2.05) is 30.5 Å². The summed E-state index contributed by atoms with van der Waals surface area (Å²) in [7, 11) is -4.17. The molecule has 0 aliphatic rings. The fourth-order valence-electron chi connectivity index (χ4n) is 2.75. The van der Waals surface area contributed by atoms with E-state index in [1.165, 1.54) is 13.0 Å². The van der Waals surface area contributed by atoms with Gasteiger partial charge in [-0.3, -0.25) is 9.54 Å². The van der Waals surface area contributed by atoms with Crippen LogP contribution >= 0.6 is 11.6 Å². The first-order valence-corrected chi connectivity index (χ1v) is 10.8. The topological polar surface area (TPSA) is 109 Å². The molecule has 2 rings (SSSR count). The summed E-state index contributed by atoms with van der Waals surface area (Å²) in [5.74, 6) is 0. The second-order valence-corrected chi connectivity index (χ2v) is 7.72. The monoisotopic (exact) mass is 416 g/mol. The fourth-order valence-corrected chi connectivity index (χ4v) is 2.91. The molecular formula is C18H29ClN4O3S. The Labute approximate surface area is 166 Å². The van der Waals surface area contributed by atoms with Crippen LogP contribution in [0, 0.1) is 0 Å². The predicted molar refractivity (Wildman–Crippen MR) is 113 cm³/mol. The first-order chi connectivity index (χ1) is 12.6. The first kappa shape index (κ1) is 23.6. The summed E-state index contributed by atoms with van der Waals surface area (Å²) < 4.78 is 25.2. The number of hydrogen-bond donors (Lipinski definition) is 3. The molecule has 1 aromatic heterocycles. The predicted octanol–water partition coefficient (Wildman–Crippen LogP) is 3.56. The smallest absolute Gasteiger partial charge is 0.330 e. The van der Waals surface area contributed by atoms with E-state index in [1.54, 1.807) is 0 Å². The average Bonchev–Trinajstić information content (AvgIpc) is 2.57. The van der Waals surface area contributed by atoms with Gasteiger partial charge in [-0.15, -0.1) is 0 Å². The molecular weight excluding hydrogens is 388 g/mol. The number of anilines is 1. The van der Waals surface area contributed by atoms with Crippen molar-refractivity contribution in [2.75, 3.05) is 25.0 Å². The Morgan fingerprint density at radius 2 is 1.93 bits per heavy atom. The summed E-state index contributed by atoms with van der Waals surface area (Å²) >= 11 is 6.04. The van der Waals surface area contributed by atoms with E-state index in [4.69, 9.17) is 24.6 Å². The molecule has 9 heteroatoms. The number of aromatic nitrogens is 1. The minimum Gasteiger partial charge on any atom is -0.382 e. The minimum absolute atomic E-state index is 0.442. The van der Waals surface area contributed by atoms with Gasteiger partial charge in [0.1, 0.15) is 0 Å². The number of nitrogens with zero attached hydrogens (tertiary/aromatic N) is 2. The molecule has 0 amide bonds. The maximum atomic E-state index is 8.97. The van der Waals surface area contributed by atoms with Gasteiger partial charge in [0.25, 0.3) is 0 Å². The van der Waals surface area contributed by atoms with Crippen LogP contribution in [0.15, 0.2) is 30.5 Å². The van der Waals surface area contributed by atoms with Crippen molar-refractivity contribution in [1.82, 2.24) is 9.88 Å². The minimum atomic E-state index is -4.17. The summed E-state index contributed by atoms with van der Waals surface area (Å²) in [6.45, 7) is 10.1. The highest BCUT2D eigenvalue weighted by molar-refractivity contribution is 7.83. The van der Waals surface area contributed by atoms with Crippen LogP contribution in [0.5, 0.6) is 0 Å². The molecule has 7 nitrogen and oxygen atoms in total. The Kier molecular flexibility index (Phi) is 9.97. The van der Waals surface area contributed by atoms with Crippen LogP contribution < -0.4 is 10.5 Å². The molecule has 0 radical (unpaired) electrons. The quantitative estimate of drug-likeness (QED) is 0.567. The van der Waals surface area contributed by atoms with Crippen LogP contribution in [-0.2, 0) is 10.3 Å². The number of rotatable bonds is 8. The molecule has 4 N–H and O–H groups in total. The van der Waals surface area contributed by atoms with Crippen LogP contribution in [0.4, 0.5) is 5.69 Å². The van der Waals surface area contributed by atoms with Crippen LogP contribution in [-0.4, -0.2) is 48.5 Å². The Hall–Kier alpha value is -1.45. The Balaban J connectivity index is 0.000000646. The van der Waals surface area contributed by atoms with E-state index in [-0.39, 0.29) is 0 Å². The number of fused-ring (bicyclic) bond motifs is 1. The lowest BCUT2D eigenvalue weighted by atomic mass is 10.1. The number of benzene rings is 1. The molecule has 152 valence electrons. The molecule has 2 aromatic rings. The summed E-state index contributed by atoms with van der Waals surface area (Å²) in [5.41, 5.74) is 2.07. The molecule has 1 heterocycles. The van der Waals surface area contributed by atoms with Crippen LogP contribution in [0.3, 0.4) is 0 Å². The van der Waals surface area contributed by atoms with Crippen molar-refractivity contribution in [2.24, 2.45) is 5.14 Å². The van der Waals surface area contributed by atoms with E-state index in [2.05, 4.69) is 41.1 Å². The summed E-state index contributed by atoms with van der Waals surface area (Å²) in [4.78, 5) is 6.86. The third-order valence-electron chi connectivity index (χ3n) is 4.11.